The van der Waals surface area contributed by atoms with Crippen LogP contribution in [0.5, 0.6) is 0 Å². The Balaban J connectivity index is 2.10. The molecule has 0 aliphatic heterocycles. The number of carboxylic acids is 1. The van der Waals surface area contributed by atoms with Crippen LogP contribution in [-0.2, 0) is 0 Å². The van der Waals surface area contributed by atoms with Crippen molar-refractivity contribution in [3.8, 4) is 0 Å². The van der Waals surface area contributed by atoms with Gasteiger partial charge in [-0.3, -0.25) is 0 Å². The van der Waals surface area contributed by atoms with Crippen LogP contribution in [0.15, 0.2) is 30.5 Å². The number of aromatic carboxylic acids is 1. The van der Waals surface area contributed by atoms with Gasteiger partial charge < -0.3 is 10.4 Å². The van der Waals surface area contributed by atoms with Crippen molar-refractivity contribution in [2.75, 3.05) is 5.32 Å². The third-order valence-electron chi connectivity index (χ3n) is 2.55. The van der Waals surface area contributed by atoms with Gasteiger partial charge in [-0.05, 0) is 23.6 Å². The Morgan fingerprint density at radius 3 is 2.50 bits per heavy atom. The largest absolute Gasteiger partial charge is 0.477 e. The van der Waals surface area contributed by atoms with E-state index in [1.165, 1.54) is 11.8 Å². The minimum Gasteiger partial charge on any atom is -0.477 e. The summed E-state index contributed by atoms with van der Waals surface area (Å²) in [6, 6.07) is 8.05. The molecule has 4 nitrogen and oxygen atoms in total. The van der Waals surface area contributed by atoms with E-state index in [-0.39, 0.29) is 4.88 Å². The molecule has 1 heterocycles. The number of hydrogen-bond donors (Lipinski definition) is 2. The molecule has 0 aliphatic carbocycles. The number of thiazole rings is 1. The second kappa shape index (κ2) is 5.18. The van der Waals surface area contributed by atoms with Crippen LogP contribution in [0.4, 0.5) is 10.8 Å². The molecule has 0 atom stereocenters. The highest BCUT2D eigenvalue weighted by atomic mass is 32.1. The SMILES string of the molecule is CC(C)c1ccc(Nc2ncc(C(=O)O)s2)cc1. The van der Waals surface area contributed by atoms with E-state index in [0.29, 0.717) is 11.0 Å². The standard InChI is InChI=1S/C13H14N2O2S/c1-8(2)9-3-5-10(6-4-9)15-13-14-7-11(18-13)12(16)17/h3-8H,1-2H3,(H,14,15)(H,16,17). The van der Waals surface area contributed by atoms with E-state index in [1.807, 2.05) is 12.1 Å². The van der Waals surface area contributed by atoms with Crippen molar-refractivity contribution in [1.82, 2.24) is 4.98 Å². The number of aromatic nitrogens is 1. The van der Waals surface area contributed by atoms with Crippen LogP contribution < -0.4 is 5.32 Å². The fourth-order valence-corrected chi connectivity index (χ4v) is 2.18. The van der Waals surface area contributed by atoms with E-state index in [0.717, 1.165) is 17.0 Å². The van der Waals surface area contributed by atoms with E-state index < -0.39 is 5.97 Å². The van der Waals surface area contributed by atoms with Gasteiger partial charge in [0, 0.05) is 5.69 Å². The van der Waals surface area contributed by atoms with Gasteiger partial charge in [-0.1, -0.05) is 37.3 Å². The lowest BCUT2D eigenvalue weighted by atomic mass is 10.0. The van der Waals surface area contributed by atoms with Crippen molar-refractivity contribution in [2.24, 2.45) is 0 Å². The molecule has 1 aromatic heterocycles. The second-order valence-corrected chi connectivity index (χ2v) is 5.27. The monoisotopic (exact) mass is 262 g/mol. The first-order valence-electron chi connectivity index (χ1n) is 5.62. The molecule has 0 fully saturated rings. The lowest BCUT2D eigenvalue weighted by Gasteiger charge is -2.07. The van der Waals surface area contributed by atoms with Crippen molar-refractivity contribution in [3.63, 3.8) is 0 Å². The summed E-state index contributed by atoms with van der Waals surface area (Å²) in [6.45, 7) is 4.28. The quantitative estimate of drug-likeness (QED) is 0.881. The van der Waals surface area contributed by atoms with E-state index >= 15 is 0 Å². The number of rotatable bonds is 4. The zero-order valence-electron chi connectivity index (χ0n) is 10.2. The van der Waals surface area contributed by atoms with Crippen LogP contribution in [0.1, 0.15) is 35.0 Å². The van der Waals surface area contributed by atoms with Crippen LogP contribution >= 0.6 is 11.3 Å². The number of carboxylic acid groups (broad SMARTS) is 1. The Hall–Kier alpha value is -1.88. The van der Waals surface area contributed by atoms with Gasteiger partial charge >= 0.3 is 5.97 Å². The molecule has 5 heteroatoms. The fourth-order valence-electron chi connectivity index (χ4n) is 1.51. The van der Waals surface area contributed by atoms with Crippen molar-refractivity contribution in [3.05, 3.63) is 40.9 Å². The zero-order chi connectivity index (χ0) is 13.1. The summed E-state index contributed by atoms with van der Waals surface area (Å²) in [5.41, 5.74) is 2.18. The van der Waals surface area contributed by atoms with Gasteiger partial charge in [-0.25, -0.2) is 9.78 Å². The van der Waals surface area contributed by atoms with E-state index in [2.05, 4.69) is 36.3 Å². The summed E-state index contributed by atoms with van der Waals surface area (Å²) in [5.74, 6) is -0.451. The summed E-state index contributed by atoms with van der Waals surface area (Å²) in [7, 11) is 0. The van der Waals surface area contributed by atoms with Crippen molar-refractivity contribution < 1.29 is 9.90 Å². The van der Waals surface area contributed by atoms with Gasteiger partial charge in [0.15, 0.2) is 5.13 Å². The molecule has 2 aromatic rings. The maximum Gasteiger partial charge on any atom is 0.347 e. The average molecular weight is 262 g/mol. The van der Waals surface area contributed by atoms with Gasteiger partial charge in [0.1, 0.15) is 4.88 Å². The van der Waals surface area contributed by atoms with Gasteiger partial charge in [-0.2, -0.15) is 0 Å². The summed E-state index contributed by atoms with van der Waals surface area (Å²) >= 11 is 1.12. The van der Waals surface area contributed by atoms with Gasteiger partial charge in [0.25, 0.3) is 0 Å². The van der Waals surface area contributed by atoms with Crippen LogP contribution in [0.3, 0.4) is 0 Å². The maximum atomic E-state index is 10.7. The molecule has 0 unspecified atom stereocenters. The second-order valence-electron chi connectivity index (χ2n) is 4.24. The highest BCUT2D eigenvalue weighted by molar-refractivity contribution is 7.17. The first kappa shape index (κ1) is 12.6. The molecule has 1 aromatic carbocycles. The van der Waals surface area contributed by atoms with Crippen LogP contribution in [0.25, 0.3) is 0 Å². The summed E-state index contributed by atoms with van der Waals surface area (Å²) in [4.78, 5) is 15.0. The molecule has 0 amide bonds. The molecule has 0 saturated heterocycles. The number of anilines is 2. The lowest BCUT2D eigenvalue weighted by molar-refractivity contribution is 0.0702. The smallest absolute Gasteiger partial charge is 0.347 e. The van der Waals surface area contributed by atoms with Crippen molar-refractivity contribution in [1.29, 1.82) is 0 Å². The molecule has 2 rings (SSSR count). The Morgan fingerprint density at radius 2 is 2.00 bits per heavy atom. The molecule has 94 valence electrons. The Morgan fingerprint density at radius 1 is 1.33 bits per heavy atom. The summed E-state index contributed by atoms with van der Waals surface area (Å²) in [6.07, 6.45) is 1.36. The fraction of sp³-hybridized carbons (Fsp3) is 0.231. The van der Waals surface area contributed by atoms with Crippen LogP contribution in [0.2, 0.25) is 0 Å². The summed E-state index contributed by atoms with van der Waals surface area (Å²) in [5, 5.41) is 12.5. The van der Waals surface area contributed by atoms with Crippen LogP contribution in [0, 0.1) is 0 Å². The van der Waals surface area contributed by atoms with E-state index in [9.17, 15) is 4.79 Å². The van der Waals surface area contributed by atoms with Gasteiger partial charge in [-0.15, -0.1) is 0 Å². The highest BCUT2D eigenvalue weighted by Gasteiger charge is 2.08. The molecular weight excluding hydrogens is 248 g/mol. The minimum absolute atomic E-state index is 0.233. The molecular formula is C13H14N2O2S. The Kier molecular flexibility index (Phi) is 3.62. The maximum absolute atomic E-state index is 10.7. The van der Waals surface area contributed by atoms with Crippen molar-refractivity contribution in [2.45, 2.75) is 19.8 Å². The molecule has 0 spiro atoms. The molecule has 0 radical (unpaired) electrons. The van der Waals surface area contributed by atoms with Crippen LogP contribution in [-0.4, -0.2) is 16.1 Å². The first-order chi connectivity index (χ1) is 8.56. The third kappa shape index (κ3) is 2.87. The number of nitrogens with one attached hydrogen (secondary N) is 1. The Labute approximate surface area is 109 Å². The van der Waals surface area contributed by atoms with E-state index in [1.54, 1.807) is 0 Å². The molecule has 2 N–H and O–H groups in total. The Bertz CT molecular complexity index is 546. The number of hydrogen-bond acceptors (Lipinski definition) is 4. The number of nitrogens with zero attached hydrogens (tertiary/aromatic N) is 1. The predicted octanol–water partition coefficient (Wildman–Crippen LogP) is 3.71. The minimum atomic E-state index is -0.948. The molecule has 0 bridgehead atoms. The van der Waals surface area contributed by atoms with Gasteiger partial charge in [0.2, 0.25) is 0 Å². The molecule has 18 heavy (non-hydrogen) atoms. The highest BCUT2D eigenvalue weighted by Crippen LogP contribution is 2.24. The first-order valence-corrected chi connectivity index (χ1v) is 6.44. The van der Waals surface area contributed by atoms with E-state index in [4.69, 9.17) is 5.11 Å². The predicted molar refractivity (Wildman–Crippen MR) is 72.9 cm³/mol. The normalized spacial score (nSPS) is 10.6. The van der Waals surface area contributed by atoms with Crippen molar-refractivity contribution >= 4 is 28.1 Å². The zero-order valence-corrected chi connectivity index (χ0v) is 11.0. The molecule has 0 saturated carbocycles. The summed E-state index contributed by atoms with van der Waals surface area (Å²) < 4.78 is 0. The number of benzene rings is 1. The molecule has 0 aliphatic rings. The lowest BCUT2D eigenvalue weighted by Crippen LogP contribution is -1.91. The topological polar surface area (TPSA) is 62.2 Å². The third-order valence-corrected chi connectivity index (χ3v) is 3.45. The number of carbonyl (C=O) groups is 1. The van der Waals surface area contributed by atoms with Gasteiger partial charge in [0.05, 0.1) is 6.20 Å². The average Bonchev–Trinajstić information content (AvgIpc) is 2.78.